The van der Waals surface area contributed by atoms with Crippen molar-refractivity contribution in [3.8, 4) is 5.75 Å². The minimum atomic E-state index is -0.883. The molecule has 2 N–H and O–H groups in total. The number of aliphatic carboxylic acids is 1. The maximum absolute atomic E-state index is 12.4. The van der Waals surface area contributed by atoms with Gasteiger partial charge in [0.25, 0.3) is 5.91 Å². The number of carboxylic acids is 1. The van der Waals surface area contributed by atoms with Gasteiger partial charge in [-0.2, -0.15) is 5.10 Å². The van der Waals surface area contributed by atoms with Gasteiger partial charge in [0.1, 0.15) is 23.9 Å². The molecule has 1 heterocycles. The van der Waals surface area contributed by atoms with Crippen molar-refractivity contribution in [3.05, 3.63) is 88.9 Å². The zero-order valence-corrected chi connectivity index (χ0v) is 17.4. The van der Waals surface area contributed by atoms with Crippen LogP contribution in [-0.2, 0) is 17.8 Å². The van der Waals surface area contributed by atoms with Crippen LogP contribution in [0.4, 0.5) is 0 Å². The molecule has 0 aliphatic heterocycles. The molecule has 0 saturated heterocycles. The third kappa shape index (κ3) is 6.30. The Hall–Kier alpha value is -3.87. The van der Waals surface area contributed by atoms with E-state index >= 15 is 0 Å². The van der Waals surface area contributed by atoms with E-state index in [-0.39, 0.29) is 12.3 Å². The van der Waals surface area contributed by atoms with Crippen LogP contribution < -0.4 is 10.2 Å². The topological polar surface area (TPSA) is 101 Å². The Labute approximate surface area is 180 Å². The second kappa shape index (κ2) is 10.2. The molecule has 160 valence electrons. The van der Waals surface area contributed by atoms with Crippen molar-refractivity contribution in [2.45, 2.75) is 33.3 Å². The quantitative estimate of drug-likeness (QED) is 0.396. The Balaban J connectivity index is 1.57. The predicted molar refractivity (Wildman–Crippen MR) is 116 cm³/mol. The van der Waals surface area contributed by atoms with Gasteiger partial charge >= 0.3 is 5.97 Å². The van der Waals surface area contributed by atoms with Gasteiger partial charge in [-0.1, -0.05) is 30.3 Å². The monoisotopic (exact) mass is 420 g/mol. The Morgan fingerprint density at radius 3 is 2.48 bits per heavy atom. The van der Waals surface area contributed by atoms with Crippen LogP contribution in [0.3, 0.4) is 0 Å². The van der Waals surface area contributed by atoms with Crippen molar-refractivity contribution in [1.29, 1.82) is 0 Å². The number of hydrogen-bond acceptors (Lipinski definition) is 5. The van der Waals surface area contributed by atoms with Gasteiger partial charge in [0.2, 0.25) is 0 Å². The number of rotatable bonds is 9. The van der Waals surface area contributed by atoms with Gasteiger partial charge in [-0.05, 0) is 49.7 Å². The van der Waals surface area contributed by atoms with Crippen LogP contribution in [0.5, 0.6) is 5.75 Å². The summed E-state index contributed by atoms with van der Waals surface area (Å²) in [4.78, 5) is 23.1. The Kier molecular flexibility index (Phi) is 7.22. The van der Waals surface area contributed by atoms with Gasteiger partial charge in [0, 0.05) is 17.5 Å². The fourth-order valence-electron chi connectivity index (χ4n) is 2.95. The molecule has 0 aliphatic carbocycles. The SMILES string of the molecule is C/C(=N/NC(=O)c1ccc(COc2ccccc2)cc1)c1cc(CCC(=O)O)oc1C. The Bertz CT molecular complexity index is 1070. The van der Waals surface area contributed by atoms with Crippen molar-refractivity contribution in [3.63, 3.8) is 0 Å². The summed E-state index contributed by atoms with van der Waals surface area (Å²) in [5.41, 5.74) is 5.27. The van der Waals surface area contributed by atoms with Crippen molar-refractivity contribution in [1.82, 2.24) is 5.43 Å². The number of carbonyl (C=O) groups excluding carboxylic acids is 1. The van der Waals surface area contributed by atoms with E-state index in [0.717, 1.165) is 16.9 Å². The number of hydrazone groups is 1. The minimum Gasteiger partial charge on any atom is -0.489 e. The van der Waals surface area contributed by atoms with Gasteiger partial charge in [0.05, 0.1) is 12.1 Å². The smallest absolute Gasteiger partial charge is 0.303 e. The zero-order chi connectivity index (χ0) is 22.2. The van der Waals surface area contributed by atoms with Gasteiger partial charge in [-0.15, -0.1) is 0 Å². The molecule has 0 aliphatic rings. The van der Waals surface area contributed by atoms with Gasteiger partial charge in [-0.25, -0.2) is 5.43 Å². The summed E-state index contributed by atoms with van der Waals surface area (Å²) in [5.74, 6) is 0.769. The number of hydrogen-bond donors (Lipinski definition) is 2. The van der Waals surface area contributed by atoms with Crippen LogP contribution in [0, 0.1) is 6.92 Å². The molecule has 0 fully saturated rings. The maximum atomic E-state index is 12.4. The van der Waals surface area contributed by atoms with Crippen molar-refractivity contribution < 1.29 is 23.8 Å². The van der Waals surface area contributed by atoms with Gasteiger partial charge in [-0.3, -0.25) is 9.59 Å². The maximum Gasteiger partial charge on any atom is 0.303 e. The summed E-state index contributed by atoms with van der Waals surface area (Å²) >= 11 is 0. The molecular weight excluding hydrogens is 396 g/mol. The molecule has 0 spiro atoms. The van der Waals surface area contributed by atoms with Crippen LogP contribution >= 0.6 is 0 Å². The van der Waals surface area contributed by atoms with Crippen molar-refractivity contribution in [2.75, 3.05) is 0 Å². The van der Waals surface area contributed by atoms with E-state index in [2.05, 4.69) is 10.5 Å². The van der Waals surface area contributed by atoms with E-state index in [1.54, 1.807) is 32.0 Å². The zero-order valence-electron chi connectivity index (χ0n) is 17.4. The first-order chi connectivity index (χ1) is 14.9. The summed E-state index contributed by atoms with van der Waals surface area (Å²) in [6.07, 6.45) is 0.294. The third-order valence-corrected chi connectivity index (χ3v) is 4.63. The highest BCUT2D eigenvalue weighted by Crippen LogP contribution is 2.17. The Morgan fingerprint density at radius 2 is 1.81 bits per heavy atom. The fraction of sp³-hybridized carbons (Fsp3) is 0.208. The number of carboxylic acid groups (broad SMARTS) is 1. The predicted octanol–water partition coefficient (Wildman–Crippen LogP) is 4.34. The van der Waals surface area contributed by atoms with Crippen molar-refractivity contribution in [2.24, 2.45) is 5.10 Å². The van der Waals surface area contributed by atoms with E-state index in [4.69, 9.17) is 14.3 Å². The lowest BCUT2D eigenvalue weighted by atomic mass is 10.1. The number of para-hydroxylation sites is 1. The second-order valence-electron chi connectivity index (χ2n) is 7.01. The molecule has 0 radical (unpaired) electrons. The fourth-order valence-corrected chi connectivity index (χ4v) is 2.95. The number of aryl methyl sites for hydroxylation is 2. The highest BCUT2D eigenvalue weighted by Gasteiger charge is 2.12. The molecule has 31 heavy (non-hydrogen) atoms. The summed E-state index contributed by atoms with van der Waals surface area (Å²) in [6, 6.07) is 18.4. The van der Waals surface area contributed by atoms with Crippen LogP contribution in [0.25, 0.3) is 0 Å². The van der Waals surface area contributed by atoms with Crippen molar-refractivity contribution >= 4 is 17.6 Å². The summed E-state index contributed by atoms with van der Waals surface area (Å²) in [7, 11) is 0. The lowest BCUT2D eigenvalue weighted by Gasteiger charge is -2.07. The average molecular weight is 420 g/mol. The van der Waals surface area contributed by atoms with E-state index in [0.29, 0.717) is 35.8 Å². The summed E-state index contributed by atoms with van der Waals surface area (Å²) in [6.45, 7) is 3.94. The number of furan rings is 1. The lowest BCUT2D eigenvalue weighted by Crippen LogP contribution is -2.19. The van der Waals surface area contributed by atoms with Gasteiger partial charge < -0.3 is 14.3 Å². The third-order valence-electron chi connectivity index (χ3n) is 4.63. The number of ether oxygens (including phenoxy) is 1. The van der Waals surface area contributed by atoms with E-state index in [9.17, 15) is 9.59 Å². The normalized spacial score (nSPS) is 11.2. The van der Waals surface area contributed by atoms with E-state index in [1.165, 1.54) is 0 Å². The van der Waals surface area contributed by atoms with Gasteiger partial charge in [0.15, 0.2) is 0 Å². The number of nitrogens with one attached hydrogen (secondary N) is 1. The Morgan fingerprint density at radius 1 is 1.10 bits per heavy atom. The number of amides is 1. The second-order valence-corrected chi connectivity index (χ2v) is 7.01. The lowest BCUT2D eigenvalue weighted by molar-refractivity contribution is -0.137. The summed E-state index contributed by atoms with van der Waals surface area (Å²) < 4.78 is 11.3. The molecule has 0 unspecified atom stereocenters. The number of nitrogens with zero attached hydrogens (tertiary/aromatic N) is 1. The molecule has 3 rings (SSSR count). The molecule has 1 amide bonds. The molecule has 0 saturated carbocycles. The first-order valence-corrected chi connectivity index (χ1v) is 9.85. The first-order valence-electron chi connectivity index (χ1n) is 9.85. The van der Waals surface area contributed by atoms with Crippen LogP contribution in [-0.4, -0.2) is 22.7 Å². The molecule has 7 nitrogen and oxygen atoms in total. The molecule has 2 aromatic carbocycles. The minimum absolute atomic E-state index is 0.00823. The number of carbonyl (C=O) groups is 2. The molecule has 0 bridgehead atoms. The molecular formula is C24H24N2O5. The first kappa shape index (κ1) is 21.8. The highest BCUT2D eigenvalue weighted by atomic mass is 16.5. The summed E-state index contributed by atoms with van der Waals surface area (Å²) in [5, 5.41) is 12.9. The largest absolute Gasteiger partial charge is 0.489 e. The molecule has 1 aromatic heterocycles. The molecule has 0 atom stereocenters. The average Bonchev–Trinajstić information content (AvgIpc) is 3.16. The molecule has 3 aromatic rings. The van der Waals surface area contributed by atoms with E-state index in [1.807, 2.05) is 42.5 Å². The van der Waals surface area contributed by atoms with E-state index < -0.39 is 5.97 Å². The molecule has 7 heteroatoms. The van der Waals surface area contributed by atoms with Crippen LogP contribution in [0.1, 0.15) is 46.3 Å². The number of benzene rings is 2. The van der Waals surface area contributed by atoms with Crippen LogP contribution in [0.2, 0.25) is 0 Å². The standard InChI is InChI=1S/C24H24N2O5/c1-16(22-14-21(31-17(22)2)12-13-23(27)28)25-26-24(29)19-10-8-18(9-11-19)15-30-20-6-4-3-5-7-20/h3-11,14H,12-13,15H2,1-2H3,(H,26,29)(H,27,28)/b25-16-. The highest BCUT2D eigenvalue weighted by molar-refractivity contribution is 6.01. The van der Waals surface area contributed by atoms with Crippen LogP contribution in [0.15, 0.2) is 70.2 Å².